The van der Waals surface area contributed by atoms with Crippen molar-refractivity contribution in [2.75, 3.05) is 7.11 Å². The molecule has 2 rings (SSSR count). The van der Waals surface area contributed by atoms with E-state index in [9.17, 15) is 4.39 Å². The van der Waals surface area contributed by atoms with E-state index >= 15 is 0 Å². The van der Waals surface area contributed by atoms with E-state index in [4.69, 9.17) is 22.2 Å². The molecule has 0 saturated carbocycles. The number of nitrogens with two attached hydrogens (primary N) is 1. The molecule has 0 radical (unpaired) electrons. The van der Waals surface area contributed by atoms with Crippen LogP contribution in [0.15, 0.2) is 18.2 Å². The summed E-state index contributed by atoms with van der Waals surface area (Å²) in [5.74, 6) is 5.41. The smallest absolute Gasteiger partial charge is 0.165 e. The van der Waals surface area contributed by atoms with E-state index in [0.29, 0.717) is 11.6 Å². The van der Waals surface area contributed by atoms with Gasteiger partial charge in [0.15, 0.2) is 11.6 Å². The van der Waals surface area contributed by atoms with Crippen molar-refractivity contribution in [3.05, 3.63) is 46.0 Å². The van der Waals surface area contributed by atoms with Gasteiger partial charge in [-0.15, -0.1) is 0 Å². The van der Waals surface area contributed by atoms with E-state index < -0.39 is 5.82 Å². The predicted octanol–water partition coefficient (Wildman–Crippen LogP) is 2.28. The number of hydrazine groups is 1. The Bertz CT molecular complexity index is 644. The molecule has 1 heterocycles. The van der Waals surface area contributed by atoms with Gasteiger partial charge in [0.25, 0.3) is 0 Å². The molecule has 7 heteroatoms. The maximum Gasteiger partial charge on any atom is 0.165 e. The van der Waals surface area contributed by atoms with Crippen LogP contribution in [0.5, 0.6) is 5.75 Å². The second-order valence-electron chi connectivity index (χ2n) is 4.80. The first-order chi connectivity index (χ1) is 9.97. The molecule has 0 spiro atoms. The standard InChI is InChI=1S/C14H18ClFN4O/c1-8-10(14(15)20(2)19-8)7-12(18-17)9-4-5-11(16)13(6-9)21-3/h4-6,12,18H,7,17H2,1-3H3. The van der Waals surface area contributed by atoms with Crippen LogP contribution in [0.2, 0.25) is 5.15 Å². The number of hydrogen-bond acceptors (Lipinski definition) is 4. The molecule has 21 heavy (non-hydrogen) atoms. The molecule has 0 aliphatic rings. The van der Waals surface area contributed by atoms with Crippen molar-refractivity contribution < 1.29 is 9.13 Å². The van der Waals surface area contributed by atoms with Crippen molar-refractivity contribution in [2.24, 2.45) is 12.9 Å². The third-order valence-electron chi connectivity index (χ3n) is 3.46. The Balaban J connectivity index is 2.32. The minimum absolute atomic E-state index is 0.182. The number of benzene rings is 1. The fraction of sp³-hybridized carbons (Fsp3) is 0.357. The van der Waals surface area contributed by atoms with Gasteiger partial charge in [0.05, 0.1) is 18.8 Å². The zero-order chi connectivity index (χ0) is 15.6. The average molecular weight is 313 g/mol. The van der Waals surface area contributed by atoms with Gasteiger partial charge in [0, 0.05) is 12.6 Å². The van der Waals surface area contributed by atoms with Gasteiger partial charge >= 0.3 is 0 Å². The number of ether oxygens (including phenoxy) is 1. The number of aryl methyl sites for hydroxylation is 2. The Hall–Kier alpha value is -1.63. The number of aromatic nitrogens is 2. The van der Waals surface area contributed by atoms with E-state index in [1.165, 1.54) is 13.2 Å². The molecule has 1 aromatic carbocycles. The monoisotopic (exact) mass is 312 g/mol. The fourth-order valence-corrected chi connectivity index (χ4v) is 2.53. The third-order valence-corrected chi connectivity index (χ3v) is 3.93. The molecule has 1 aromatic heterocycles. The van der Waals surface area contributed by atoms with Gasteiger partial charge in [-0.3, -0.25) is 16.0 Å². The first-order valence-electron chi connectivity index (χ1n) is 6.45. The van der Waals surface area contributed by atoms with E-state index in [0.717, 1.165) is 16.8 Å². The number of rotatable bonds is 5. The molecule has 0 aliphatic carbocycles. The summed E-state index contributed by atoms with van der Waals surface area (Å²) >= 11 is 6.23. The van der Waals surface area contributed by atoms with Crippen LogP contribution in [0.1, 0.15) is 22.9 Å². The predicted molar refractivity (Wildman–Crippen MR) is 79.7 cm³/mol. The van der Waals surface area contributed by atoms with Crippen LogP contribution < -0.4 is 16.0 Å². The number of nitrogens with one attached hydrogen (secondary N) is 1. The number of halogens is 2. The van der Waals surface area contributed by atoms with Crippen LogP contribution in [-0.4, -0.2) is 16.9 Å². The van der Waals surface area contributed by atoms with E-state index in [2.05, 4.69) is 10.5 Å². The lowest BCUT2D eigenvalue weighted by atomic mass is 9.99. The van der Waals surface area contributed by atoms with Gasteiger partial charge in [-0.2, -0.15) is 5.10 Å². The molecule has 0 fully saturated rings. The quantitative estimate of drug-likeness (QED) is 0.656. The molecule has 0 amide bonds. The molecule has 1 unspecified atom stereocenters. The van der Waals surface area contributed by atoms with E-state index in [1.807, 2.05) is 6.92 Å². The van der Waals surface area contributed by atoms with Gasteiger partial charge < -0.3 is 4.74 Å². The van der Waals surface area contributed by atoms with Crippen LogP contribution in [0.3, 0.4) is 0 Å². The van der Waals surface area contributed by atoms with Crippen molar-refractivity contribution in [1.82, 2.24) is 15.2 Å². The maximum atomic E-state index is 13.5. The van der Waals surface area contributed by atoms with Crippen molar-refractivity contribution >= 4 is 11.6 Å². The highest BCUT2D eigenvalue weighted by Crippen LogP contribution is 2.28. The lowest BCUT2D eigenvalue weighted by molar-refractivity contribution is 0.384. The molecular weight excluding hydrogens is 295 g/mol. The molecular formula is C14H18ClFN4O. The summed E-state index contributed by atoms with van der Waals surface area (Å²) in [4.78, 5) is 0. The summed E-state index contributed by atoms with van der Waals surface area (Å²) in [5.41, 5.74) is 5.29. The molecule has 0 saturated heterocycles. The summed E-state index contributed by atoms with van der Waals surface area (Å²) in [6.45, 7) is 1.89. The van der Waals surface area contributed by atoms with Crippen LogP contribution in [-0.2, 0) is 13.5 Å². The lowest BCUT2D eigenvalue weighted by Gasteiger charge is -2.17. The van der Waals surface area contributed by atoms with Gasteiger partial charge in [0.1, 0.15) is 5.15 Å². The van der Waals surface area contributed by atoms with Gasteiger partial charge in [-0.05, 0) is 31.0 Å². The van der Waals surface area contributed by atoms with E-state index in [-0.39, 0.29) is 11.8 Å². The molecule has 0 aliphatic heterocycles. The average Bonchev–Trinajstić information content (AvgIpc) is 2.71. The van der Waals surface area contributed by atoms with Gasteiger partial charge in [-0.1, -0.05) is 17.7 Å². The second-order valence-corrected chi connectivity index (χ2v) is 5.15. The summed E-state index contributed by atoms with van der Waals surface area (Å²) in [7, 11) is 3.21. The van der Waals surface area contributed by atoms with Crippen molar-refractivity contribution in [2.45, 2.75) is 19.4 Å². The minimum Gasteiger partial charge on any atom is -0.494 e. The Kier molecular flexibility index (Phi) is 4.82. The van der Waals surface area contributed by atoms with Crippen LogP contribution >= 0.6 is 11.6 Å². The topological polar surface area (TPSA) is 65.1 Å². The largest absolute Gasteiger partial charge is 0.494 e. The number of nitrogens with zero attached hydrogens (tertiary/aromatic N) is 2. The second kappa shape index (κ2) is 6.43. The first kappa shape index (κ1) is 15.8. The highest BCUT2D eigenvalue weighted by Gasteiger charge is 2.19. The zero-order valence-corrected chi connectivity index (χ0v) is 12.9. The molecule has 3 N–H and O–H groups in total. The minimum atomic E-state index is -0.410. The summed E-state index contributed by atoms with van der Waals surface area (Å²) < 4.78 is 20.1. The number of hydrogen-bond donors (Lipinski definition) is 2. The zero-order valence-electron chi connectivity index (χ0n) is 12.2. The van der Waals surface area contributed by atoms with Crippen molar-refractivity contribution in [3.8, 4) is 5.75 Å². The molecule has 114 valence electrons. The maximum absolute atomic E-state index is 13.5. The van der Waals surface area contributed by atoms with Crippen molar-refractivity contribution in [3.63, 3.8) is 0 Å². The molecule has 1 atom stereocenters. The van der Waals surface area contributed by atoms with Crippen LogP contribution in [0.4, 0.5) is 4.39 Å². The van der Waals surface area contributed by atoms with Crippen LogP contribution in [0.25, 0.3) is 0 Å². The Morgan fingerprint density at radius 2 is 2.24 bits per heavy atom. The summed E-state index contributed by atoms with van der Waals surface area (Å²) in [6, 6.07) is 4.43. The van der Waals surface area contributed by atoms with Crippen LogP contribution in [0, 0.1) is 12.7 Å². The lowest BCUT2D eigenvalue weighted by Crippen LogP contribution is -2.29. The Morgan fingerprint density at radius 3 is 2.76 bits per heavy atom. The SMILES string of the molecule is COc1cc(C(Cc2c(C)nn(C)c2Cl)NN)ccc1F. The first-order valence-corrected chi connectivity index (χ1v) is 6.83. The third kappa shape index (κ3) is 3.18. The Labute approximate surface area is 127 Å². The number of methoxy groups -OCH3 is 1. The highest BCUT2D eigenvalue weighted by atomic mass is 35.5. The fourth-order valence-electron chi connectivity index (χ4n) is 2.28. The van der Waals surface area contributed by atoms with Crippen molar-refractivity contribution in [1.29, 1.82) is 0 Å². The molecule has 5 nitrogen and oxygen atoms in total. The summed E-state index contributed by atoms with van der Waals surface area (Å²) in [5, 5.41) is 4.84. The van der Waals surface area contributed by atoms with E-state index in [1.54, 1.807) is 23.9 Å². The highest BCUT2D eigenvalue weighted by molar-refractivity contribution is 6.30. The molecule has 0 bridgehead atoms. The normalized spacial score (nSPS) is 12.5. The Morgan fingerprint density at radius 1 is 1.52 bits per heavy atom. The van der Waals surface area contributed by atoms with Gasteiger partial charge in [0.2, 0.25) is 0 Å². The van der Waals surface area contributed by atoms with Gasteiger partial charge in [-0.25, -0.2) is 4.39 Å². The summed E-state index contributed by atoms with van der Waals surface area (Å²) in [6.07, 6.45) is 0.545. The molecule has 2 aromatic rings.